The maximum atomic E-state index is 13.0. The Kier molecular flexibility index (Phi) is 7.69. The Hall–Kier alpha value is -2.42. The molecule has 0 saturated heterocycles. The standard InChI is InChI=1S/C22H31N5O3S/c1-6-8-9-10-11-16-24-19-18(21(28)26(5)22(29)27(19)12-7-2)20(25-16)31-13-17-23-14(3)15(4)30-17/h6-13H2,1-5H3. The molecule has 9 heteroatoms. The fourth-order valence-corrected chi connectivity index (χ4v) is 4.34. The van der Waals surface area contributed by atoms with Crippen LogP contribution < -0.4 is 11.2 Å². The van der Waals surface area contributed by atoms with E-state index >= 15 is 0 Å². The zero-order valence-corrected chi connectivity index (χ0v) is 19.8. The molecule has 0 aliphatic carbocycles. The average molecular weight is 446 g/mol. The van der Waals surface area contributed by atoms with E-state index in [-0.39, 0.29) is 11.2 Å². The molecular weight excluding hydrogens is 414 g/mol. The molecule has 3 rings (SSSR count). The van der Waals surface area contributed by atoms with E-state index in [1.165, 1.54) is 25.2 Å². The van der Waals surface area contributed by atoms with E-state index in [2.05, 4.69) is 16.9 Å². The molecule has 0 spiro atoms. The van der Waals surface area contributed by atoms with Gasteiger partial charge in [-0.15, -0.1) is 0 Å². The van der Waals surface area contributed by atoms with Gasteiger partial charge in [0.25, 0.3) is 5.56 Å². The molecule has 0 radical (unpaired) electrons. The third-order valence-corrected chi connectivity index (χ3v) is 6.26. The lowest BCUT2D eigenvalue weighted by Crippen LogP contribution is -2.39. The van der Waals surface area contributed by atoms with Crippen LogP contribution in [-0.4, -0.2) is 24.1 Å². The maximum absolute atomic E-state index is 13.0. The van der Waals surface area contributed by atoms with Gasteiger partial charge in [-0.3, -0.25) is 13.9 Å². The number of aromatic nitrogens is 5. The highest BCUT2D eigenvalue weighted by Crippen LogP contribution is 2.27. The van der Waals surface area contributed by atoms with E-state index < -0.39 is 0 Å². The number of oxazole rings is 1. The Morgan fingerprint density at radius 1 is 1.00 bits per heavy atom. The minimum absolute atomic E-state index is 0.343. The van der Waals surface area contributed by atoms with Crippen molar-refractivity contribution in [1.29, 1.82) is 0 Å². The fraction of sp³-hybridized carbons (Fsp3) is 0.591. The van der Waals surface area contributed by atoms with Crippen LogP contribution in [0.4, 0.5) is 0 Å². The fourth-order valence-electron chi connectivity index (χ4n) is 3.46. The van der Waals surface area contributed by atoms with Crippen LogP contribution in [0, 0.1) is 13.8 Å². The van der Waals surface area contributed by atoms with Gasteiger partial charge in [0.1, 0.15) is 22.0 Å². The number of aryl methyl sites for hydroxylation is 4. The van der Waals surface area contributed by atoms with Gasteiger partial charge >= 0.3 is 5.69 Å². The summed E-state index contributed by atoms with van der Waals surface area (Å²) in [5.41, 5.74) is 0.571. The quantitative estimate of drug-likeness (QED) is 0.265. The predicted octanol–water partition coefficient (Wildman–Crippen LogP) is 3.92. The van der Waals surface area contributed by atoms with Crippen molar-refractivity contribution in [3.05, 3.63) is 44.0 Å². The molecule has 31 heavy (non-hydrogen) atoms. The Labute approximate surface area is 186 Å². The molecule has 0 bridgehead atoms. The normalized spacial score (nSPS) is 11.5. The molecule has 0 aromatic carbocycles. The third kappa shape index (κ3) is 5.08. The first-order chi connectivity index (χ1) is 14.9. The molecule has 0 fully saturated rings. The molecule has 0 aliphatic heterocycles. The minimum Gasteiger partial charge on any atom is -0.445 e. The summed E-state index contributed by atoms with van der Waals surface area (Å²) in [6.07, 6.45) is 5.88. The molecule has 0 saturated carbocycles. The van der Waals surface area contributed by atoms with E-state index in [0.29, 0.717) is 40.1 Å². The lowest BCUT2D eigenvalue weighted by molar-refractivity contribution is 0.489. The summed E-state index contributed by atoms with van der Waals surface area (Å²) in [6, 6.07) is 0. The maximum Gasteiger partial charge on any atom is 0.332 e. The summed E-state index contributed by atoms with van der Waals surface area (Å²) in [5.74, 6) is 2.50. The summed E-state index contributed by atoms with van der Waals surface area (Å²) in [4.78, 5) is 39.6. The van der Waals surface area contributed by atoms with E-state index in [1.807, 2.05) is 20.8 Å². The van der Waals surface area contributed by atoms with Crippen molar-refractivity contribution in [1.82, 2.24) is 24.1 Å². The van der Waals surface area contributed by atoms with E-state index in [4.69, 9.17) is 9.40 Å². The van der Waals surface area contributed by atoms with Crippen molar-refractivity contribution in [2.24, 2.45) is 7.05 Å². The summed E-state index contributed by atoms with van der Waals surface area (Å²) < 4.78 is 8.43. The van der Waals surface area contributed by atoms with Gasteiger partial charge in [-0.05, 0) is 26.7 Å². The van der Waals surface area contributed by atoms with Gasteiger partial charge in [0.2, 0.25) is 5.89 Å². The van der Waals surface area contributed by atoms with Crippen LogP contribution in [0.2, 0.25) is 0 Å². The Balaban J connectivity index is 2.09. The molecule has 3 aromatic rings. The highest BCUT2D eigenvalue weighted by atomic mass is 32.2. The van der Waals surface area contributed by atoms with Gasteiger partial charge in [0.15, 0.2) is 5.65 Å². The summed E-state index contributed by atoms with van der Waals surface area (Å²) in [7, 11) is 1.50. The molecule has 0 aliphatic rings. The van der Waals surface area contributed by atoms with Crippen molar-refractivity contribution in [3.63, 3.8) is 0 Å². The lowest BCUT2D eigenvalue weighted by Gasteiger charge is -2.13. The average Bonchev–Trinajstić information content (AvgIpc) is 3.08. The summed E-state index contributed by atoms with van der Waals surface area (Å²) in [6.45, 7) is 8.45. The molecule has 0 amide bonds. The number of unbranched alkanes of at least 4 members (excludes halogenated alkanes) is 3. The molecule has 3 heterocycles. The smallest absolute Gasteiger partial charge is 0.332 e. The molecule has 8 nitrogen and oxygen atoms in total. The van der Waals surface area contributed by atoms with Gasteiger partial charge in [-0.1, -0.05) is 44.9 Å². The number of nitrogens with zero attached hydrogens (tertiary/aromatic N) is 5. The summed E-state index contributed by atoms with van der Waals surface area (Å²) in [5, 5.41) is 0.965. The van der Waals surface area contributed by atoms with Crippen molar-refractivity contribution >= 4 is 22.8 Å². The number of fused-ring (bicyclic) bond motifs is 1. The second-order valence-corrected chi connectivity index (χ2v) is 8.75. The predicted molar refractivity (Wildman–Crippen MR) is 123 cm³/mol. The van der Waals surface area contributed by atoms with Crippen LogP contribution in [-0.2, 0) is 25.8 Å². The summed E-state index contributed by atoms with van der Waals surface area (Å²) >= 11 is 1.40. The number of hydrogen-bond donors (Lipinski definition) is 0. The molecule has 0 unspecified atom stereocenters. The Morgan fingerprint density at radius 2 is 1.77 bits per heavy atom. The highest BCUT2D eigenvalue weighted by Gasteiger charge is 2.19. The van der Waals surface area contributed by atoms with E-state index in [1.54, 1.807) is 4.57 Å². The Bertz CT molecular complexity index is 1160. The highest BCUT2D eigenvalue weighted by molar-refractivity contribution is 7.98. The SMILES string of the molecule is CCCCCCc1nc(SCc2nc(C)c(C)o2)c2c(=O)n(C)c(=O)n(CCC)c2n1. The van der Waals surface area contributed by atoms with Crippen molar-refractivity contribution < 1.29 is 4.42 Å². The third-order valence-electron chi connectivity index (χ3n) is 5.30. The second kappa shape index (κ2) is 10.3. The molecule has 168 valence electrons. The molecule has 3 aromatic heterocycles. The number of thioether (sulfide) groups is 1. The second-order valence-electron chi connectivity index (χ2n) is 7.79. The first-order valence-corrected chi connectivity index (χ1v) is 11.9. The van der Waals surface area contributed by atoms with E-state index in [9.17, 15) is 9.59 Å². The van der Waals surface area contributed by atoms with Gasteiger partial charge < -0.3 is 4.42 Å². The van der Waals surface area contributed by atoms with Gasteiger partial charge in [-0.25, -0.2) is 19.7 Å². The molecular formula is C22H31N5O3S. The lowest BCUT2D eigenvalue weighted by atomic mass is 10.1. The van der Waals surface area contributed by atoms with E-state index in [0.717, 1.165) is 48.1 Å². The first-order valence-electron chi connectivity index (χ1n) is 10.9. The topological polar surface area (TPSA) is 95.8 Å². The number of rotatable bonds is 10. The zero-order valence-electron chi connectivity index (χ0n) is 19.0. The van der Waals surface area contributed by atoms with Crippen molar-refractivity contribution in [2.75, 3.05) is 0 Å². The van der Waals surface area contributed by atoms with Crippen molar-refractivity contribution in [2.45, 2.75) is 83.5 Å². The molecule has 0 atom stereocenters. The van der Waals surface area contributed by atoms with Gasteiger partial charge in [-0.2, -0.15) is 0 Å². The molecule has 0 N–H and O–H groups in total. The van der Waals surface area contributed by atoms with Crippen LogP contribution in [0.1, 0.15) is 69.1 Å². The van der Waals surface area contributed by atoms with Crippen molar-refractivity contribution in [3.8, 4) is 0 Å². The minimum atomic E-state index is -0.368. The van der Waals surface area contributed by atoms with Crippen LogP contribution >= 0.6 is 11.8 Å². The largest absolute Gasteiger partial charge is 0.445 e. The Morgan fingerprint density at radius 3 is 2.42 bits per heavy atom. The van der Waals surface area contributed by atoms with Gasteiger partial charge in [0.05, 0.1) is 11.4 Å². The van der Waals surface area contributed by atoms with Crippen LogP contribution in [0.5, 0.6) is 0 Å². The first kappa shape index (κ1) is 23.2. The van der Waals surface area contributed by atoms with Gasteiger partial charge in [0, 0.05) is 20.0 Å². The number of hydrogen-bond acceptors (Lipinski definition) is 7. The zero-order chi connectivity index (χ0) is 22.5. The van der Waals surface area contributed by atoms with Crippen LogP contribution in [0.3, 0.4) is 0 Å². The van der Waals surface area contributed by atoms with Crippen LogP contribution in [0.25, 0.3) is 11.0 Å². The monoisotopic (exact) mass is 445 g/mol. The van der Waals surface area contributed by atoms with Crippen LogP contribution in [0.15, 0.2) is 19.0 Å².